The van der Waals surface area contributed by atoms with E-state index in [2.05, 4.69) is 15.0 Å². The van der Waals surface area contributed by atoms with Crippen molar-refractivity contribution in [2.75, 3.05) is 0 Å². The van der Waals surface area contributed by atoms with Gasteiger partial charge in [0.1, 0.15) is 11.6 Å². The molecule has 0 saturated carbocycles. The lowest BCUT2D eigenvalue weighted by atomic mass is 10.1. The summed E-state index contributed by atoms with van der Waals surface area (Å²) in [5, 5.41) is 8.87. The third-order valence-corrected chi connectivity index (χ3v) is 2.58. The highest BCUT2D eigenvalue weighted by Crippen LogP contribution is 2.22. The number of nitriles is 1. The Morgan fingerprint density at radius 2 is 2.11 bits per heavy atom. The van der Waals surface area contributed by atoms with Gasteiger partial charge in [0.25, 0.3) is 0 Å². The Labute approximate surface area is 103 Å². The van der Waals surface area contributed by atoms with Gasteiger partial charge in [-0.1, -0.05) is 6.07 Å². The van der Waals surface area contributed by atoms with Crippen molar-refractivity contribution in [3.8, 4) is 17.3 Å². The van der Waals surface area contributed by atoms with Crippen molar-refractivity contribution in [2.45, 2.75) is 6.92 Å². The summed E-state index contributed by atoms with van der Waals surface area (Å²) in [6.07, 6.45) is 1.40. The van der Waals surface area contributed by atoms with Crippen LogP contribution in [-0.2, 0) is 0 Å². The van der Waals surface area contributed by atoms with Crippen molar-refractivity contribution < 1.29 is 4.42 Å². The Morgan fingerprint density at radius 1 is 1.22 bits per heavy atom. The molecule has 0 unspecified atom stereocenters. The highest BCUT2D eigenvalue weighted by molar-refractivity contribution is 5.78. The molecule has 0 bridgehead atoms. The quantitative estimate of drug-likeness (QED) is 0.648. The Balaban J connectivity index is 2.19. The average molecular weight is 236 g/mol. The number of hydrogen-bond acceptors (Lipinski definition) is 5. The maximum atomic E-state index is 8.87. The van der Waals surface area contributed by atoms with E-state index in [1.54, 1.807) is 0 Å². The molecule has 2 aromatic heterocycles. The molecule has 3 rings (SSSR count). The van der Waals surface area contributed by atoms with E-state index in [1.165, 1.54) is 6.39 Å². The maximum Gasteiger partial charge on any atom is 0.232 e. The SMILES string of the molecule is Cc1cc(-c2ccc3ncoc3c2)nc(C#N)n1. The van der Waals surface area contributed by atoms with Gasteiger partial charge in [-0.2, -0.15) is 5.26 Å². The molecule has 0 aliphatic heterocycles. The first kappa shape index (κ1) is 10.4. The average Bonchev–Trinajstić information content (AvgIpc) is 2.85. The summed E-state index contributed by atoms with van der Waals surface area (Å²) in [5.41, 5.74) is 3.83. The second kappa shape index (κ2) is 3.93. The molecule has 0 N–H and O–H groups in total. The normalized spacial score (nSPS) is 10.4. The van der Waals surface area contributed by atoms with Crippen LogP contribution in [0.2, 0.25) is 0 Å². The van der Waals surface area contributed by atoms with Gasteiger partial charge >= 0.3 is 0 Å². The van der Waals surface area contributed by atoms with Crippen LogP contribution in [0.5, 0.6) is 0 Å². The molecule has 5 nitrogen and oxygen atoms in total. The second-order valence-electron chi connectivity index (χ2n) is 3.86. The molecule has 0 spiro atoms. The van der Waals surface area contributed by atoms with Crippen molar-refractivity contribution in [2.24, 2.45) is 0 Å². The zero-order valence-electron chi connectivity index (χ0n) is 9.58. The van der Waals surface area contributed by atoms with E-state index in [4.69, 9.17) is 9.68 Å². The molecular formula is C13H8N4O. The fourth-order valence-corrected chi connectivity index (χ4v) is 1.78. The maximum absolute atomic E-state index is 8.87. The highest BCUT2D eigenvalue weighted by Gasteiger charge is 2.06. The first-order valence-electron chi connectivity index (χ1n) is 5.36. The van der Waals surface area contributed by atoms with Gasteiger partial charge in [0, 0.05) is 11.3 Å². The van der Waals surface area contributed by atoms with Crippen LogP contribution in [0.1, 0.15) is 11.5 Å². The van der Waals surface area contributed by atoms with Crippen molar-refractivity contribution in [3.05, 3.63) is 42.2 Å². The van der Waals surface area contributed by atoms with E-state index in [9.17, 15) is 0 Å². The van der Waals surface area contributed by atoms with Gasteiger partial charge in [0.2, 0.25) is 5.82 Å². The number of hydrogen-bond donors (Lipinski definition) is 0. The number of nitrogens with zero attached hydrogens (tertiary/aromatic N) is 4. The number of aromatic nitrogens is 3. The minimum Gasteiger partial charge on any atom is -0.443 e. The Kier molecular flexibility index (Phi) is 2.27. The predicted octanol–water partition coefficient (Wildman–Crippen LogP) is 2.46. The molecule has 0 aliphatic carbocycles. The number of oxazole rings is 1. The van der Waals surface area contributed by atoms with Gasteiger partial charge in [-0.05, 0) is 25.1 Å². The number of aryl methyl sites for hydroxylation is 1. The van der Waals surface area contributed by atoms with Crippen LogP contribution in [0.3, 0.4) is 0 Å². The van der Waals surface area contributed by atoms with E-state index in [-0.39, 0.29) is 5.82 Å². The van der Waals surface area contributed by atoms with Crippen LogP contribution in [0, 0.1) is 18.3 Å². The molecule has 0 amide bonds. The first-order chi connectivity index (χ1) is 8.76. The second-order valence-corrected chi connectivity index (χ2v) is 3.86. The fraction of sp³-hybridized carbons (Fsp3) is 0.0769. The molecule has 86 valence electrons. The summed E-state index contributed by atoms with van der Waals surface area (Å²) in [5.74, 6) is 0.169. The van der Waals surface area contributed by atoms with Gasteiger partial charge in [0.15, 0.2) is 12.0 Å². The molecule has 0 fully saturated rings. The van der Waals surface area contributed by atoms with Gasteiger partial charge in [0.05, 0.1) is 5.69 Å². The van der Waals surface area contributed by atoms with Gasteiger partial charge in [-0.15, -0.1) is 0 Å². The molecule has 5 heteroatoms. The van der Waals surface area contributed by atoms with Gasteiger partial charge in [-0.25, -0.2) is 15.0 Å². The molecule has 0 radical (unpaired) electrons. The Hall–Kier alpha value is -2.74. The zero-order chi connectivity index (χ0) is 12.5. The third kappa shape index (κ3) is 1.70. The van der Waals surface area contributed by atoms with Crippen molar-refractivity contribution >= 4 is 11.1 Å². The summed E-state index contributed by atoms with van der Waals surface area (Å²) in [4.78, 5) is 12.3. The summed E-state index contributed by atoms with van der Waals surface area (Å²) in [6.45, 7) is 1.83. The molecule has 0 atom stereocenters. The van der Waals surface area contributed by atoms with Gasteiger partial charge < -0.3 is 4.42 Å². The van der Waals surface area contributed by atoms with Crippen LogP contribution < -0.4 is 0 Å². The number of fused-ring (bicyclic) bond motifs is 1. The predicted molar refractivity (Wildman–Crippen MR) is 64.5 cm³/mol. The van der Waals surface area contributed by atoms with Crippen molar-refractivity contribution in [1.29, 1.82) is 5.26 Å². The Morgan fingerprint density at radius 3 is 2.94 bits per heavy atom. The molecular weight excluding hydrogens is 228 g/mol. The summed E-state index contributed by atoms with van der Waals surface area (Å²) in [7, 11) is 0. The fourth-order valence-electron chi connectivity index (χ4n) is 1.78. The zero-order valence-corrected chi connectivity index (χ0v) is 9.58. The van der Waals surface area contributed by atoms with Crippen molar-refractivity contribution in [3.63, 3.8) is 0 Å². The van der Waals surface area contributed by atoms with E-state index in [1.807, 2.05) is 37.3 Å². The minimum atomic E-state index is 0.169. The van der Waals surface area contributed by atoms with Crippen LogP contribution in [0.4, 0.5) is 0 Å². The van der Waals surface area contributed by atoms with E-state index in [0.717, 1.165) is 16.8 Å². The lowest BCUT2D eigenvalue weighted by Gasteiger charge is -2.02. The monoisotopic (exact) mass is 236 g/mol. The Bertz CT molecular complexity index is 770. The van der Waals surface area contributed by atoms with E-state index < -0.39 is 0 Å². The third-order valence-electron chi connectivity index (χ3n) is 2.58. The molecule has 18 heavy (non-hydrogen) atoms. The molecule has 2 heterocycles. The first-order valence-corrected chi connectivity index (χ1v) is 5.36. The van der Waals surface area contributed by atoms with Gasteiger partial charge in [-0.3, -0.25) is 0 Å². The highest BCUT2D eigenvalue weighted by atomic mass is 16.3. The lowest BCUT2D eigenvalue weighted by molar-refractivity contribution is 0.602. The van der Waals surface area contributed by atoms with Crippen molar-refractivity contribution in [1.82, 2.24) is 15.0 Å². The lowest BCUT2D eigenvalue weighted by Crippen LogP contribution is -1.94. The summed E-state index contributed by atoms with van der Waals surface area (Å²) >= 11 is 0. The molecule has 1 aromatic carbocycles. The number of benzene rings is 1. The topological polar surface area (TPSA) is 75.6 Å². The van der Waals surface area contributed by atoms with Crippen LogP contribution in [-0.4, -0.2) is 15.0 Å². The molecule has 0 aliphatic rings. The van der Waals surface area contributed by atoms with E-state index >= 15 is 0 Å². The smallest absolute Gasteiger partial charge is 0.232 e. The number of rotatable bonds is 1. The summed E-state index contributed by atoms with van der Waals surface area (Å²) in [6, 6.07) is 9.39. The molecule has 3 aromatic rings. The van der Waals surface area contributed by atoms with Crippen LogP contribution >= 0.6 is 0 Å². The minimum absolute atomic E-state index is 0.169. The van der Waals surface area contributed by atoms with Crippen LogP contribution in [0.25, 0.3) is 22.4 Å². The van der Waals surface area contributed by atoms with E-state index in [0.29, 0.717) is 11.3 Å². The molecule has 0 saturated heterocycles. The van der Waals surface area contributed by atoms with Crippen LogP contribution in [0.15, 0.2) is 35.1 Å². The standard InChI is InChI=1S/C13H8N4O/c1-8-4-11(17-13(6-14)16-8)9-2-3-10-12(5-9)18-7-15-10/h2-5,7H,1H3. The largest absolute Gasteiger partial charge is 0.443 e. The summed E-state index contributed by atoms with van der Waals surface area (Å²) < 4.78 is 5.25.